The van der Waals surface area contributed by atoms with Crippen LogP contribution in [0.25, 0.3) is 10.9 Å². The lowest BCUT2D eigenvalue weighted by Crippen LogP contribution is -1.99. The number of nitrogens with zero attached hydrogens (tertiary/aromatic N) is 1. The Bertz CT molecular complexity index is 549. The van der Waals surface area contributed by atoms with E-state index < -0.39 is 0 Å². The topological polar surface area (TPSA) is 48.1 Å². The summed E-state index contributed by atoms with van der Waals surface area (Å²) in [5.41, 5.74) is 8.83. The molecule has 0 aliphatic carbocycles. The van der Waals surface area contributed by atoms with Crippen molar-refractivity contribution in [1.82, 2.24) is 4.98 Å². The zero-order valence-electron chi connectivity index (χ0n) is 11.2. The second kappa shape index (κ2) is 5.25. The maximum absolute atomic E-state index is 6.10. The van der Waals surface area contributed by atoms with Crippen molar-refractivity contribution in [3.8, 4) is 5.75 Å². The molecule has 3 heteroatoms. The molecule has 0 saturated carbocycles. The third-order valence-electron chi connectivity index (χ3n) is 2.90. The van der Waals surface area contributed by atoms with Crippen LogP contribution in [0, 0.1) is 0 Å². The van der Waals surface area contributed by atoms with Gasteiger partial charge in [0.1, 0.15) is 5.75 Å². The van der Waals surface area contributed by atoms with Gasteiger partial charge in [-0.2, -0.15) is 0 Å². The molecule has 0 saturated heterocycles. The van der Waals surface area contributed by atoms with Crippen LogP contribution in [-0.2, 0) is 0 Å². The minimum absolute atomic E-state index is 0.382. The number of pyridine rings is 1. The zero-order valence-corrected chi connectivity index (χ0v) is 11.2. The molecule has 2 aromatic rings. The number of rotatable bonds is 4. The van der Waals surface area contributed by atoms with Crippen molar-refractivity contribution in [2.75, 3.05) is 12.3 Å². The van der Waals surface area contributed by atoms with Crippen LogP contribution >= 0.6 is 0 Å². The molecular formula is C15H20N2O. The molecule has 0 fully saturated rings. The first-order chi connectivity index (χ1) is 8.61. The van der Waals surface area contributed by atoms with E-state index in [4.69, 9.17) is 10.5 Å². The number of aromatic nitrogens is 1. The number of ether oxygens (including phenoxy) is 1. The molecule has 0 radical (unpaired) electrons. The SMILES string of the molecule is CCCOc1ccc2nc(C(C)C)cc(N)c2c1. The van der Waals surface area contributed by atoms with Gasteiger partial charge >= 0.3 is 0 Å². The van der Waals surface area contributed by atoms with E-state index in [1.165, 1.54) is 0 Å². The Balaban J connectivity index is 2.44. The first-order valence-electron chi connectivity index (χ1n) is 6.44. The van der Waals surface area contributed by atoms with Crippen molar-refractivity contribution >= 4 is 16.6 Å². The summed E-state index contributed by atoms with van der Waals surface area (Å²) in [6, 6.07) is 7.85. The number of hydrogen-bond donors (Lipinski definition) is 1. The molecule has 18 heavy (non-hydrogen) atoms. The predicted molar refractivity (Wildman–Crippen MR) is 76.0 cm³/mol. The normalized spacial score (nSPS) is 11.1. The lowest BCUT2D eigenvalue weighted by molar-refractivity contribution is 0.318. The largest absolute Gasteiger partial charge is 0.494 e. The molecule has 0 atom stereocenters. The minimum atomic E-state index is 0.382. The predicted octanol–water partition coefficient (Wildman–Crippen LogP) is 3.73. The van der Waals surface area contributed by atoms with Crippen molar-refractivity contribution in [2.45, 2.75) is 33.1 Å². The van der Waals surface area contributed by atoms with E-state index in [1.54, 1.807) is 0 Å². The van der Waals surface area contributed by atoms with Gasteiger partial charge in [0.25, 0.3) is 0 Å². The summed E-state index contributed by atoms with van der Waals surface area (Å²) in [6.45, 7) is 7.05. The Morgan fingerprint density at radius 2 is 2.06 bits per heavy atom. The Kier molecular flexibility index (Phi) is 3.70. The molecule has 0 aliphatic heterocycles. The summed E-state index contributed by atoms with van der Waals surface area (Å²) >= 11 is 0. The monoisotopic (exact) mass is 244 g/mol. The molecule has 0 spiro atoms. The average molecular weight is 244 g/mol. The average Bonchev–Trinajstić information content (AvgIpc) is 2.36. The fourth-order valence-corrected chi connectivity index (χ4v) is 1.86. The molecule has 0 unspecified atom stereocenters. The van der Waals surface area contributed by atoms with Crippen LogP contribution in [0.5, 0.6) is 5.75 Å². The van der Waals surface area contributed by atoms with E-state index in [2.05, 4.69) is 25.8 Å². The van der Waals surface area contributed by atoms with Crippen molar-refractivity contribution in [1.29, 1.82) is 0 Å². The van der Waals surface area contributed by atoms with Gasteiger partial charge in [-0.25, -0.2) is 0 Å². The Hall–Kier alpha value is -1.77. The van der Waals surface area contributed by atoms with Crippen LogP contribution in [-0.4, -0.2) is 11.6 Å². The molecule has 0 amide bonds. The van der Waals surface area contributed by atoms with Gasteiger partial charge in [-0.1, -0.05) is 20.8 Å². The van der Waals surface area contributed by atoms with Gasteiger partial charge in [-0.15, -0.1) is 0 Å². The Labute approximate surface area is 108 Å². The number of nitrogen functional groups attached to an aromatic ring is 1. The number of nitrogens with two attached hydrogens (primary N) is 1. The third-order valence-corrected chi connectivity index (χ3v) is 2.90. The highest BCUT2D eigenvalue weighted by molar-refractivity contribution is 5.91. The fraction of sp³-hybridized carbons (Fsp3) is 0.400. The second-order valence-corrected chi connectivity index (χ2v) is 4.82. The summed E-state index contributed by atoms with van der Waals surface area (Å²) < 4.78 is 5.61. The Morgan fingerprint density at radius 1 is 1.28 bits per heavy atom. The fourth-order valence-electron chi connectivity index (χ4n) is 1.86. The highest BCUT2D eigenvalue weighted by atomic mass is 16.5. The number of fused-ring (bicyclic) bond motifs is 1. The van der Waals surface area contributed by atoms with Gasteiger partial charge in [0, 0.05) is 16.8 Å². The Morgan fingerprint density at radius 3 is 2.72 bits per heavy atom. The first kappa shape index (κ1) is 12.7. The zero-order chi connectivity index (χ0) is 13.1. The first-order valence-corrected chi connectivity index (χ1v) is 6.44. The molecule has 1 heterocycles. The van der Waals surface area contributed by atoms with E-state index in [-0.39, 0.29) is 0 Å². The maximum Gasteiger partial charge on any atom is 0.120 e. The van der Waals surface area contributed by atoms with E-state index in [1.807, 2.05) is 24.3 Å². The van der Waals surface area contributed by atoms with Crippen LogP contribution in [0.15, 0.2) is 24.3 Å². The summed E-state index contributed by atoms with van der Waals surface area (Å²) in [5, 5.41) is 0.966. The van der Waals surface area contributed by atoms with Gasteiger partial charge < -0.3 is 10.5 Å². The molecule has 2 rings (SSSR count). The van der Waals surface area contributed by atoms with Crippen LogP contribution in [0.4, 0.5) is 5.69 Å². The molecular weight excluding hydrogens is 224 g/mol. The number of anilines is 1. The molecule has 3 nitrogen and oxygen atoms in total. The lowest BCUT2D eigenvalue weighted by atomic mass is 10.1. The third kappa shape index (κ3) is 2.55. The molecule has 1 aromatic heterocycles. The minimum Gasteiger partial charge on any atom is -0.494 e. The maximum atomic E-state index is 6.10. The highest BCUT2D eigenvalue weighted by Crippen LogP contribution is 2.27. The van der Waals surface area contributed by atoms with Gasteiger partial charge in [-0.05, 0) is 36.6 Å². The van der Waals surface area contributed by atoms with Gasteiger partial charge in [0.15, 0.2) is 0 Å². The summed E-state index contributed by atoms with van der Waals surface area (Å²) in [5.74, 6) is 1.24. The standard InChI is InChI=1S/C15H20N2O/c1-4-7-18-11-5-6-14-12(8-11)13(16)9-15(17-14)10(2)3/h5-6,8-10H,4,7H2,1-3H3,(H2,16,17). The van der Waals surface area contributed by atoms with Crippen LogP contribution < -0.4 is 10.5 Å². The van der Waals surface area contributed by atoms with E-state index in [9.17, 15) is 0 Å². The molecule has 0 aliphatic rings. The van der Waals surface area contributed by atoms with Gasteiger partial charge in [0.05, 0.1) is 12.1 Å². The summed E-state index contributed by atoms with van der Waals surface area (Å²) in [7, 11) is 0. The van der Waals surface area contributed by atoms with E-state index in [0.29, 0.717) is 5.92 Å². The van der Waals surface area contributed by atoms with Crippen LogP contribution in [0.2, 0.25) is 0 Å². The number of benzene rings is 1. The molecule has 96 valence electrons. The molecule has 2 N–H and O–H groups in total. The molecule has 1 aromatic carbocycles. The van der Waals surface area contributed by atoms with Crippen molar-refractivity contribution in [3.05, 3.63) is 30.0 Å². The second-order valence-electron chi connectivity index (χ2n) is 4.82. The quantitative estimate of drug-likeness (QED) is 0.891. The summed E-state index contributed by atoms with van der Waals surface area (Å²) in [4.78, 5) is 4.62. The smallest absolute Gasteiger partial charge is 0.120 e. The van der Waals surface area contributed by atoms with Crippen LogP contribution in [0.1, 0.15) is 38.8 Å². The molecule has 0 bridgehead atoms. The highest BCUT2D eigenvalue weighted by Gasteiger charge is 2.07. The van der Waals surface area contributed by atoms with Crippen molar-refractivity contribution in [2.24, 2.45) is 0 Å². The van der Waals surface area contributed by atoms with Crippen molar-refractivity contribution < 1.29 is 4.74 Å². The lowest BCUT2D eigenvalue weighted by Gasteiger charge is -2.10. The van der Waals surface area contributed by atoms with Gasteiger partial charge in [-0.3, -0.25) is 4.98 Å². The van der Waals surface area contributed by atoms with E-state index in [0.717, 1.165) is 41.1 Å². The van der Waals surface area contributed by atoms with Crippen LogP contribution in [0.3, 0.4) is 0 Å². The summed E-state index contributed by atoms with van der Waals surface area (Å²) in [6.07, 6.45) is 0.998. The van der Waals surface area contributed by atoms with Crippen molar-refractivity contribution in [3.63, 3.8) is 0 Å². The van der Waals surface area contributed by atoms with E-state index >= 15 is 0 Å². The number of hydrogen-bond acceptors (Lipinski definition) is 3. The van der Waals surface area contributed by atoms with Gasteiger partial charge in [0.2, 0.25) is 0 Å².